The third-order valence-corrected chi connectivity index (χ3v) is 30.6. The molecule has 0 aliphatic heterocycles. The van der Waals surface area contributed by atoms with E-state index in [1.54, 1.807) is 34.0 Å². The van der Waals surface area contributed by atoms with Crippen molar-refractivity contribution < 1.29 is 0 Å². The lowest BCUT2D eigenvalue weighted by Crippen LogP contribution is -1.95. The predicted octanol–water partition coefficient (Wildman–Crippen LogP) is 35.1. The lowest BCUT2D eigenvalue weighted by atomic mass is 9.96. The fourth-order valence-corrected chi connectivity index (χ4v) is 24.5. The average molecular weight is 1840 g/mol. The van der Waals surface area contributed by atoms with E-state index in [0.717, 1.165) is 126 Å². The van der Waals surface area contributed by atoms with Crippen LogP contribution in [0.3, 0.4) is 0 Å². The van der Waals surface area contributed by atoms with E-state index in [9.17, 15) is 0 Å². The van der Waals surface area contributed by atoms with E-state index in [-0.39, 0.29) is 0 Å². The van der Waals surface area contributed by atoms with Gasteiger partial charge >= 0.3 is 0 Å². The van der Waals surface area contributed by atoms with Gasteiger partial charge in [-0.2, -0.15) is 0 Å². The molecular weight excluding hydrogens is 1760 g/mol. The molecule has 9 aromatic heterocycles. The van der Waals surface area contributed by atoms with Crippen LogP contribution in [0, 0.1) is 13.8 Å². The molecule has 0 N–H and O–H groups in total. The Bertz CT molecular complexity index is 9600. The van der Waals surface area contributed by atoms with E-state index in [0.29, 0.717) is 0 Å². The van der Waals surface area contributed by atoms with Gasteiger partial charge in [0.2, 0.25) is 0 Å². The molecule has 28 aromatic rings. The Hall–Kier alpha value is -17.5. The molecule has 12 heteroatoms. The number of aryl methyl sites for hydroxylation is 2. The molecule has 0 aliphatic carbocycles. The van der Waals surface area contributed by atoms with Crippen LogP contribution in [0.1, 0.15) is 11.1 Å². The molecule has 0 bridgehead atoms. The normalized spacial score (nSPS) is 11.6. The molecule has 0 atom stereocenters. The van der Waals surface area contributed by atoms with Crippen molar-refractivity contribution in [1.82, 2.24) is 43.6 Å². The van der Waals surface area contributed by atoms with Gasteiger partial charge in [-0.3, -0.25) is 0 Å². The van der Waals surface area contributed by atoms with E-state index in [1.807, 2.05) is 36.4 Å². The Kier molecular flexibility index (Phi) is 20.8. The minimum Gasteiger partial charge on any atom is -0.309 e. The van der Waals surface area contributed by atoms with Gasteiger partial charge in [0.05, 0.1) is 80.8 Å². The second-order valence-corrected chi connectivity index (χ2v) is 38.6. The highest BCUT2D eigenvalue weighted by Crippen LogP contribution is 2.50. The average Bonchev–Trinajstić information content (AvgIpc) is 1.58. The number of hydrogen-bond donors (Lipinski definition) is 0. The number of rotatable bonds is 13. The maximum atomic E-state index is 5.22. The van der Waals surface area contributed by atoms with Gasteiger partial charge in [-0.05, 0) is 143 Å². The van der Waals surface area contributed by atoms with Gasteiger partial charge in [0.25, 0.3) is 0 Å². The fourth-order valence-electron chi connectivity index (χ4n) is 20.6. The van der Waals surface area contributed by atoms with E-state index in [1.165, 1.54) is 141 Å². The Morgan fingerprint density at radius 1 is 0.171 bits per heavy atom. The van der Waals surface area contributed by atoms with Crippen LogP contribution in [-0.2, 0) is 0 Å². The van der Waals surface area contributed by atoms with E-state index >= 15 is 0 Å². The van der Waals surface area contributed by atoms with Gasteiger partial charge < -0.3 is 13.7 Å². The maximum absolute atomic E-state index is 5.22. The van der Waals surface area contributed by atoms with Crippen molar-refractivity contribution in [2.24, 2.45) is 0 Å². The molecule has 9 nitrogen and oxygen atoms in total. The molecule has 9 heterocycles. The summed E-state index contributed by atoms with van der Waals surface area (Å²) in [6.45, 7) is 4.30. The highest BCUT2D eigenvalue weighted by Gasteiger charge is 2.26. The van der Waals surface area contributed by atoms with Crippen molar-refractivity contribution in [1.29, 1.82) is 0 Å². The Morgan fingerprint density at radius 3 is 0.914 bits per heavy atom. The van der Waals surface area contributed by atoms with Gasteiger partial charge in [0, 0.05) is 113 Å². The van der Waals surface area contributed by atoms with Crippen LogP contribution >= 0.6 is 34.0 Å². The minimum atomic E-state index is 0.745. The number of fused-ring (bicyclic) bond motifs is 18. The van der Waals surface area contributed by atoms with Crippen LogP contribution < -0.4 is 0 Å². The monoisotopic (exact) mass is 1840 g/mol. The predicted molar refractivity (Wildman–Crippen MR) is 592 cm³/mol. The summed E-state index contributed by atoms with van der Waals surface area (Å²) in [6.07, 6.45) is 0. The number of para-hydroxylation sites is 6. The summed E-state index contributed by atoms with van der Waals surface area (Å²) < 4.78 is 14.2. The first kappa shape index (κ1) is 83.1. The number of aromatic nitrogens is 9. The summed E-state index contributed by atoms with van der Waals surface area (Å²) in [5.41, 5.74) is 35.0. The van der Waals surface area contributed by atoms with Crippen molar-refractivity contribution in [3.05, 3.63) is 478 Å². The lowest BCUT2D eigenvalue weighted by molar-refractivity contribution is 1.17. The lowest BCUT2D eigenvalue weighted by Gasteiger charge is -2.12. The molecular formula is C128H83N9S3. The molecule has 0 radical (unpaired) electrons. The van der Waals surface area contributed by atoms with E-state index in [4.69, 9.17) is 29.9 Å². The summed E-state index contributed by atoms with van der Waals surface area (Å²) in [4.78, 5) is 31.1. The molecule has 140 heavy (non-hydrogen) atoms. The number of benzene rings is 19. The largest absolute Gasteiger partial charge is 0.309 e. The summed E-state index contributed by atoms with van der Waals surface area (Å²) >= 11 is 5.36. The molecule has 0 unspecified atom stereocenters. The first-order valence-corrected chi connectivity index (χ1v) is 49.6. The van der Waals surface area contributed by atoms with Crippen molar-refractivity contribution >= 4 is 160 Å². The zero-order valence-corrected chi connectivity index (χ0v) is 78.7. The molecule has 0 aliphatic rings. The third-order valence-electron chi connectivity index (χ3n) is 26.9. The molecule has 658 valence electrons. The van der Waals surface area contributed by atoms with Crippen LogP contribution in [0.5, 0.6) is 0 Å². The molecule has 0 saturated heterocycles. The van der Waals surface area contributed by atoms with Crippen molar-refractivity contribution in [3.8, 4) is 130 Å². The van der Waals surface area contributed by atoms with Crippen LogP contribution in [0.2, 0.25) is 0 Å². The molecule has 0 amide bonds. The second kappa shape index (κ2) is 35.0. The van der Waals surface area contributed by atoms with Crippen molar-refractivity contribution in [2.75, 3.05) is 0 Å². The number of nitrogens with zero attached hydrogens (tertiary/aromatic N) is 9. The summed E-state index contributed by atoms with van der Waals surface area (Å²) in [5.74, 6) is 2.24. The SMILES string of the molecule is Cc1cc(-c2cccc3c2sc2c(-c4ccccc4)nc(-c4ccccc4)nc23)cc(-n2c3ccccc3c3ccccc32)c1.Cc1cccc(-c2nc(-c3ccccc3)c3sc4c(-c5cccc(-n6c7ccccc7c7ccccc76)c5)cccc4c3n2)c1.c1ccc(-c2nc(-c3ccccc3)c3sc4c(-c5ccc(-c6cccc7c6c6ccccc6n7-c6ccccc6)cc5)cccc4c3n2)cc1. The minimum absolute atomic E-state index is 0.745. The van der Waals surface area contributed by atoms with Crippen LogP contribution in [0.15, 0.2) is 467 Å². The number of thiophene rings is 3. The van der Waals surface area contributed by atoms with Gasteiger partial charge in [-0.1, -0.05) is 394 Å². The highest BCUT2D eigenvalue weighted by molar-refractivity contribution is 7.27. The molecule has 0 spiro atoms. The molecule has 0 fully saturated rings. The molecule has 19 aromatic carbocycles. The molecule has 0 saturated carbocycles. The van der Waals surface area contributed by atoms with Crippen molar-refractivity contribution in [3.63, 3.8) is 0 Å². The van der Waals surface area contributed by atoms with Gasteiger partial charge in [0.1, 0.15) is 0 Å². The Labute approximate surface area is 819 Å². The smallest absolute Gasteiger partial charge is 0.160 e. The Morgan fingerprint density at radius 2 is 0.464 bits per heavy atom. The van der Waals surface area contributed by atoms with E-state index < -0.39 is 0 Å². The van der Waals surface area contributed by atoms with Gasteiger partial charge in [-0.25, -0.2) is 29.9 Å². The zero-order valence-electron chi connectivity index (χ0n) is 76.2. The van der Waals surface area contributed by atoms with Crippen LogP contribution in [-0.4, -0.2) is 43.6 Å². The second-order valence-electron chi connectivity index (χ2n) is 35.6. The molecule has 28 rings (SSSR count). The van der Waals surface area contributed by atoms with Gasteiger partial charge in [-0.15, -0.1) is 34.0 Å². The van der Waals surface area contributed by atoms with Gasteiger partial charge in [0.15, 0.2) is 17.5 Å². The van der Waals surface area contributed by atoms with Crippen molar-refractivity contribution in [2.45, 2.75) is 13.8 Å². The zero-order chi connectivity index (χ0) is 92.8. The maximum Gasteiger partial charge on any atom is 0.160 e. The first-order valence-electron chi connectivity index (χ1n) is 47.2. The summed E-state index contributed by atoms with van der Waals surface area (Å²) in [7, 11) is 0. The highest BCUT2D eigenvalue weighted by atomic mass is 32.1. The van der Waals surface area contributed by atoms with Crippen LogP contribution in [0.4, 0.5) is 0 Å². The fraction of sp³-hybridized carbons (Fsp3) is 0.0156. The quantitative estimate of drug-likeness (QED) is 0.114. The standard InChI is InChI=1S/C46H29N3S.2C41H27N3S/c1-4-14-32(15-5-1)42-45-43(48-46(47-42)33-16-6-2-7-17-33)38-23-12-22-36(44(38)50-45)31-28-26-30(27-29-31)35-21-13-25-40-41(35)37-20-10-11-24-39(37)49(40)34-18-8-3-9-19-34;1-26-23-29(25-30(24-26)44-35-21-10-8-17-32(35)33-18-9-11-22-36(33)44)31-19-12-20-34-38-40(45-39(31)34)37(27-13-4-2-5-14-27)42-41(43-38)28-15-6-3-7-16-28;1-26-12-9-16-29(24-26)41-42-37(27-13-3-2-4-14-27)40-38(43-41)34-21-11-20-31(39(34)45-40)28-15-10-17-30(25-28)44-35-22-7-5-18-32(35)33-19-6-8-23-36(33)44/h1-29H;2*2-25H,1H3. The topological polar surface area (TPSA) is 92.1 Å². The van der Waals surface area contributed by atoms with E-state index in [2.05, 4.69) is 458 Å². The summed E-state index contributed by atoms with van der Waals surface area (Å²) in [6, 6.07) is 166. The first-order chi connectivity index (χ1) is 69.3. The summed E-state index contributed by atoms with van der Waals surface area (Å²) in [5, 5.41) is 11.1. The number of hydrogen-bond acceptors (Lipinski definition) is 9. The third kappa shape index (κ3) is 14.6. The van der Waals surface area contributed by atoms with Crippen LogP contribution in [0.25, 0.3) is 256 Å². The Balaban J connectivity index is 0.000000108.